The van der Waals surface area contributed by atoms with Crippen molar-refractivity contribution in [1.29, 1.82) is 0 Å². The topological polar surface area (TPSA) is 115 Å². The predicted molar refractivity (Wildman–Crippen MR) is 163 cm³/mol. The van der Waals surface area contributed by atoms with E-state index in [4.69, 9.17) is 9.47 Å². The van der Waals surface area contributed by atoms with E-state index in [9.17, 15) is 19.1 Å². The summed E-state index contributed by atoms with van der Waals surface area (Å²) in [7, 11) is 1.51. The Kier molecular flexibility index (Phi) is 9.37. The fraction of sp³-hybridized carbons (Fsp3) is 0.258. The number of thioether (sulfide) groups is 1. The van der Waals surface area contributed by atoms with Crippen LogP contribution in [0.5, 0.6) is 11.5 Å². The predicted octanol–water partition coefficient (Wildman–Crippen LogP) is 6.42. The number of methoxy groups -OCH3 is 1. The molecule has 2 aromatic carbocycles. The maximum absolute atomic E-state index is 14.1. The Morgan fingerprint density at radius 2 is 1.86 bits per heavy atom. The van der Waals surface area contributed by atoms with Crippen LogP contribution in [0.1, 0.15) is 43.0 Å². The Bertz CT molecular complexity index is 1660. The molecule has 3 heterocycles. The standard InChI is InChI=1S/C31H29FN4O5S2/c1-18(2)12-15-41-23-9-8-20(16-24(23)40-3)26-25(27(37)19-10-13-33-14-11-19)28(38)29(39)36(26)30-34-35-31(43-30)42-17-21-6-4-5-7-22(21)32/h4-11,13-14,16,18,26,37H,12,15,17H2,1-3H3. The molecule has 1 unspecified atom stereocenters. The molecular weight excluding hydrogens is 591 g/mol. The van der Waals surface area contributed by atoms with Gasteiger partial charge < -0.3 is 14.6 Å². The summed E-state index contributed by atoms with van der Waals surface area (Å²) in [5.74, 6) is -0.712. The van der Waals surface area contributed by atoms with E-state index in [0.29, 0.717) is 50.8 Å². The highest BCUT2D eigenvalue weighted by atomic mass is 32.2. The van der Waals surface area contributed by atoms with Crippen LogP contribution in [0.4, 0.5) is 9.52 Å². The molecule has 1 atom stereocenters. The Hall–Kier alpha value is -4.29. The lowest BCUT2D eigenvalue weighted by molar-refractivity contribution is -0.132. The van der Waals surface area contributed by atoms with E-state index in [0.717, 1.165) is 17.8 Å². The molecule has 43 heavy (non-hydrogen) atoms. The number of carbonyl (C=O) groups excluding carboxylic acids is 2. The number of hydrogen-bond acceptors (Lipinski definition) is 10. The van der Waals surface area contributed by atoms with Crippen molar-refractivity contribution in [3.05, 3.63) is 95.1 Å². The fourth-order valence-electron chi connectivity index (χ4n) is 4.50. The molecule has 0 aliphatic carbocycles. The van der Waals surface area contributed by atoms with Gasteiger partial charge in [0.2, 0.25) is 5.13 Å². The van der Waals surface area contributed by atoms with Gasteiger partial charge in [0.05, 0.1) is 25.3 Å². The van der Waals surface area contributed by atoms with Crippen LogP contribution in [0.2, 0.25) is 0 Å². The molecule has 1 saturated heterocycles. The summed E-state index contributed by atoms with van der Waals surface area (Å²) < 4.78 is 26.2. The van der Waals surface area contributed by atoms with Gasteiger partial charge in [0.15, 0.2) is 15.8 Å². The number of benzene rings is 2. The van der Waals surface area contributed by atoms with Gasteiger partial charge in [-0.1, -0.05) is 61.2 Å². The first-order chi connectivity index (χ1) is 20.8. The molecule has 1 aliphatic rings. The molecule has 12 heteroatoms. The number of nitrogens with zero attached hydrogens (tertiary/aromatic N) is 4. The number of amides is 1. The zero-order chi connectivity index (χ0) is 30.5. The summed E-state index contributed by atoms with van der Waals surface area (Å²) in [6.45, 7) is 4.70. The minimum absolute atomic E-state index is 0.109. The third kappa shape index (κ3) is 6.55. The van der Waals surface area contributed by atoms with Crippen molar-refractivity contribution in [2.75, 3.05) is 18.6 Å². The van der Waals surface area contributed by atoms with E-state index >= 15 is 0 Å². The number of halogens is 1. The van der Waals surface area contributed by atoms with Crippen LogP contribution in [-0.2, 0) is 15.3 Å². The summed E-state index contributed by atoms with van der Waals surface area (Å²) in [6.07, 6.45) is 3.82. The first-order valence-electron chi connectivity index (χ1n) is 13.5. The lowest BCUT2D eigenvalue weighted by atomic mass is 9.95. The van der Waals surface area contributed by atoms with Crippen LogP contribution < -0.4 is 14.4 Å². The zero-order valence-electron chi connectivity index (χ0n) is 23.7. The first kappa shape index (κ1) is 30.2. The highest BCUT2D eigenvalue weighted by Gasteiger charge is 2.48. The normalized spacial score (nSPS) is 16.2. The number of carbonyl (C=O) groups is 2. The summed E-state index contributed by atoms with van der Waals surface area (Å²) in [4.78, 5) is 32.2. The number of pyridine rings is 1. The minimum atomic E-state index is -1.04. The monoisotopic (exact) mass is 620 g/mol. The molecule has 0 saturated carbocycles. The molecule has 2 aromatic heterocycles. The van der Waals surface area contributed by atoms with Crippen LogP contribution in [0.15, 0.2) is 76.9 Å². The molecule has 4 aromatic rings. The maximum Gasteiger partial charge on any atom is 0.301 e. The Balaban J connectivity index is 1.54. The molecule has 5 rings (SSSR count). The van der Waals surface area contributed by atoms with Crippen molar-refractivity contribution < 1.29 is 28.6 Å². The Morgan fingerprint density at radius 1 is 1.09 bits per heavy atom. The Labute approximate surface area is 256 Å². The van der Waals surface area contributed by atoms with Gasteiger partial charge in [-0.05, 0) is 53.8 Å². The highest BCUT2D eigenvalue weighted by molar-refractivity contribution is 8.00. The van der Waals surface area contributed by atoms with Crippen LogP contribution in [0.3, 0.4) is 0 Å². The summed E-state index contributed by atoms with van der Waals surface area (Å²) in [5.41, 5.74) is 1.22. The number of aromatic nitrogens is 3. The average molecular weight is 621 g/mol. The van der Waals surface area contributed by atoms with Gasteiger partial charge in [0.25, 0.3) is 5.78 Å². The fourth-order valence-corrected chi connectivity index (χ4v) is 6.36. The molecule has 0 radical (unpaired) electrons. The Morgan fingerprint density at radius 3 is 2.58 bits per heavy atom. The van der Waals surface area contributed by atoms with Crippen molar-refractivity contribution >= 4 is 45.7 Å². The maximum atomic E-state index is 14.1. The molecule has 1 fully saturated rings. The SMILES string of the molecule is COc1cc(C2C(=C(O)c3ccncc3)C(=O)C(=O)N2c2nnc(SCc3ccccc3F)s2)ccc1OCCC(C)C. The van der Waals surface area contributed by atoms with E-state index in [1.54, 1.807) is 48.5 Å². The number of hydrogen-bond donors (Lipinski definition) is 1. The van der Waals surface area contributed by atoms with Crippen LogP contribution in [0.25, 0.3) is 5.76 Å². The summed E-state index contributed by atoms with van der Waals surface area (Å²) in [5, 5.41) is 19.9. The van der Waals surface area contributed by atoms with Crippen molar-refractivity contribution in [2.45, 2.75) is 36.4 Å². The van der Waals surface area contributed by atoms with Gasteiger partial charge in [-0.3, -0.25) is 19.5 Å². The van der Waals surface area contributed by atoms with E-state index < -0.39 is 17.7 Å². The first-order valence-corrected chi connectivity index (χ1v) is 15.3. The largest absolute Gasteiger partial charge is 0.507 e. The molecule has 9 nitrogen and oxygen atoms in total. The van der Waals surface area contributed by atoms with Gasteiger partial charge >= 0.3 is 5.91 Å². The van der Waals surface area contributed by atoms with Crippen molar-refractivity contribution in [3.8, 4) is 11.5 Å². The van der Waals surface area contributed by atoms with Gasteiger partial charge in [-0.15, -0.1) is 10.2 Å². The van der Waals surface area contributed by atoms with Crippen molar-refractivity contribution in [3.63, 3.8) is 0 Å². The molecule has 0 bridgehead atoms. The quantitative estimate of drug-likeness (QED) is 0.0667. The minimum Gasteiger partial charge on any atom is -0.507 e. The molecule has 222 valence electrons. The number of rotatable bonds is 11. The number of aliphatic hydroxyl groups excluding tert-OH is 1. The van der Waals surface area contributed by atoms with Crippen LogP contribution in [-0.4, -0.2) is 45.7 Å². The second kappa shape index (κ2) is 13.3. The molecule has 0 spiro atoms. The zero-order valence-corrected chi connectivity index (χ0v) is 25.3. The van der Waals surface area contributed by atoms with E-state index in [1.165, 1.54) is 42.2 Å². The average Bonchev–Trinajstić information content (AvgIpc) is 3.58. The van der Waals surface area contributed by atoms with Gasteiger partial charge in [0, 0.05) is 23.7 Å². The highest BCUT2D eigenvalue weighted by Crippen LogP contribution is 2.45. The molecule has 1 aliphatic heterocycles. The third-order valence-corrected chi connectivity index (χ3v) is 8.87. The smallest absolute Gasteiger partial charge is 0.301 e. The van der Waals surface area contributed by atoms with Crippen LogP contribution >= 0.6 is 23.1 Å². The van der Waals surface area contributed by atoms with E-state index in [2.05, 4.69) is 29.0 Å². The molecular formula is C31H29FN4O5S2. The number of Topliss-reactive ketones (excluding diaryl/α,β-unsaturated/α-hetero) is 1. The van der Waals surface area contributed by atoms with Crippen LogP contribution in [0, 0.1) is 11.7 Å². The summed E-state index contributed by atoms with van der Waals surface area (Å²) >= 11 is 2.36. The third-order valence-electron chi connectivity index (χ3n) is 6.77. The number of ketones is 1. The van der Waals surface area contributed by atoms with Crippen molar-refractivity contribution in [1.82, 2.24) is 15.2 Å². The second-order valence-electron chi connectivity index (χ2n) is 10.1. The number of anilines is 1. The lowest BCUT2D eigenvalue weighted by Crippen LogP contribution is -2.29. The number of ether oxygens (including phenoxy) is 2. The second-order valence-corrected chi connectivity index (χ2v) is 12.3. The van der Waals surface area contributed by atoms with Gasteiger partial charge in [0.1, 0.15) is 11.6 Å². The lowest BCUT2D eigenvalue weighted by Gasteiger charge is -2.23. The van der Waals surface area contributed by atoms with Gasteiger partial charge in [-0.2, -0.15) is 0 Å². The number of aliphatic hydroxyl groups is 1. The van der Waals surface area contributed by atoms with E-state index in [-0.39, 0.29) is 22.3 Å². The van der Waals surface area contributed by atoms with Gasteiger partial charge in [-0.25, -0.2) is 4.39 Å². The molecule has 1 N–H and O–H groups in total. The van der Waals surface area contributed by atoms with Crippen molar-refractivity contribution in [2.24, 2.45) is 5.92 Å². The molecule has 1 amide bonds. The van der Waals surface area contributed by atoms with E-state index in [1.807, 2.05) is 0 Å². The summed E-state index contributed by atoms with van der Waals surface area (Å²) in [6, 6.07) is 13.6.